The largest absolute Gasteiger partial charge is 0.465 e. The predicted octanol–water partition coefficient (Wildman–Crippen LogP) is 5.07. The molecule has 0 aliphatic heterocycles. The highest BCUT2D eigenvalue weighted by atomic mass is 32.1. The molecule has 0 bridgehead atoms. The van der Waals surface area contributed by atoms with Gasteiger partial charge in [0.25, 0.3) is 5.91 Å². The molecule has 0 fully saturated rings. The Labute approximate surface area is 156 Å². The third-order valence-electron chi connectivity index (χ3n) is 4.13. The molecule has 3 rings (SSSR count). The van der Waals surface area contributed by atoms with Crippen molar-refractivity contribution in [3.05, 3.63) is 76.2 Å². The number of rotatable bonds is 4. The van der Waals surface area contributed by atoms with Crippen LogP contribution in [0.3, 0.4) is 0 Å². The van der Waals surface area contributed by atoms with Crippen LogP contribution in [-0.4, -0.2) is 19.0 Å². The lowest BCUT2D eigenvalue weighted by molar-refractivity contribution is 0.0603. The van der Waals surface area contributed by atoms with Crippen molar-refractivity contribution in [3.63, 3.8) is 0 Å². The molecule has 2 aromatic carbocycles. The minimum Gasteiger partial charge on any atom is -0.465 e. The maximum atomic E-state index is 12.5. The zero-order valence-electron chi connectivity index (χ0n) is 14.8. The molecule has 4 nitrogen and oxygen atoms in total. The van der Waals surface area contributed by atoms with Crippen LogP contribution in [0.2, 0.25) is 0 Å². The van der Waals surface area contributed by atoms with Crippen molar-refractivity contribution in [3.8, 4) is 11.1 Å². The van der Waals surface area contributed by atoms with Crippen LogP contribution >= 0.6 is 11.3 Å². The molecule has 26 heavy (non-hydrogen) atoms. The highest BCUT2D eigenvalue weighted by molar-refractivity contribution is 7.15. The van der Waals surface area contributed by atoms with E-state index in [1.165, 1.54) is 18.4 Å². The molecule has 132 valence electrons. The summed E-state index contributed by atoms with van der Waals surface area (Å²) in [5.74, 6) is -0.726. The molecule has 1 heterocycles. The molecule has 5 heteroatoms. The van der Waals surface area contributed by atoms with Gasteiger partial charge in [-0.2, -0.15) is 0 Å². The van der Waals surface area contributed by atoms with Gasteiger partial charge in [-0.05, 0) is 37.1 Å². The van der Waals surface area contributed by atoms with E-state index in [1.807, 2.05) is 43.5 Å². The Bertz CT molecular complexity index is 961. The minimum atomic E-state index is -0.467. The van der Waals surface area contributed by atoms with Gasteiger partial charge in [-0.25, -0.2) is 4.79 Å². The van der Waals surface area contributed by atoms with Crippen molar-refractivity contribution in [1.82, 2.24) is 0 Å². The first-order valence-corrected chi connectivity index (χ1v) is 9.03. The average Bonchev–Trinajstić information content (AvgIpc) is 3.07. The Hall–Kier alpha value is -2.92. The first kappa shape index (κ1) is 17.9. The van der Waals surface area contributed by atoms with Crippen LogP contribution < -0.4 is 5.32 Å². The number of benzene rings is 2. The molecule has 0 unspecified atom stereocenters. The number of thiophene rings is 1. The van der Waals surface area contributed by atoms with Crippen LogP contribution in [0.1, 0.15) is 31.8 Å². The molecule has 1 aromatic heterocycles. The summed E-state index contributed by atoms with van der Waals surface area (Å²) in [5, 5.41) is 5.22. The summed E-state index contributed by atoms with van der Waals surface area (Å²) in [6.45, 7) is 4.00. The molecule has 0 saturated carbocycles. The molecule has 0 spiro atoms. The van der Waals surface area contributed by atoms with Crippen LogP contribution in [0.4, 0.5) is 5.00 Å². The van der Waals surface area contributed by atoms with Crippen LogP contribution in [0.15, 0.2) is 53.9 Å². The van der Waals surface area contributed by atoms with E-state index >= 15 is 0 Å². The molecule has 1 amide bonds. The van der Waals surface area contributed by atoms with Gasteiger partial charge in [0.05, 0.1) is 7.11 Å². The summed E-state index contributed by atoms with van der Waals surface area (Å²) in [7, 11) is 1.34. The Kier molecular flexibility index (Phi) is 5.19. The predicted molar refractivity (Wildman–Crippen MR) is 105 cm³/mol. The number of amides is 1. The highest BCUT2D eigenvalue weighted by Gasteiger charge is 2.23. The number of aryl methyl sites for hydroxylation is 2. The summed E-state index contributed by atoms with van der Waals surface area (Å²) in [6.07, 6.45) is 0. The Morgan fingerprint density at radius 1 is 1.00 bits per heavy atom. The number of hydrogen-bond donors (Lipinski definition) is 1. The lowest BCUT2D eigenvalue weighted by Crippen LogP contribution is -2.14. The van der Waals surface area contributed by atoms with Crippen LogP contribution in [0.5, 0.6) is 0 Å². The van der Waals surface area contributed by atoms with E-state index in [-0.39, 0.29) is 5.91 Å². The fourth-order valence-electron chi connectivity index (χ4n) is 2.74. The van der Waals surface area contributed by atoms with E-state index in [0.29, 0.717) is 16.1 Å². The molecular weight excluding hydrogens is 346 g/mol. The molecule has 3 aromatic rings. The topological polar surface area (TPSA) is 55.4 Å². The molecule has 0 radical (unpaired) electrons. The summed E-state index contributed by atoms with van der Waals surface area (Å²) < 4.78 is 4.97. The van der Waals surface area contributed by atoms with Crippen molar-refractivity contribution < 1.29 is 14.3 Å². The SMILES string of the molecule is COC(=O)c1c(-c2cc(C)ccc2C)csc1NC(=O)c1ccccc1. The Morgan fingerprint density at radius 2 is 1.73 bits per heavy atom. The summed E-state index contributed by atoms with van der Waals surface area (Å²) >= 11 is 1.32. The Balaban J connectivity index is 2.05. The van der Waals surface area contributed by atoms with Gasteiger partial charge in [-0.3, -0.25) is 4.79 Å². The quantitative estimate of drug-likeness (QED) is 0.657. The fraction of sp³-hybridized carbons (Fsp3) is 0.143. The van der Waals surface area contributed by atoms with E-state index in [2.05, 4.69) is 5.32 Å². The second-order valence-electron chi connectivity index (χ2n) is 5.98. The molecule has 1 N–H and O–H groups in total. The second-order valence-corrected chi connectivity index (χ2v) is 6.86. The van der Waals surface area contributed by atoms with Gasteiger partial charge in [0.2, 0.25) is 0 Å². The first-order chi connectivity index (χ1) is 12.5. The summed E-state index contributed by atoms with van der Waals surface area (Å²) in [5.41, 5.74) is 4.80. The number of hydrogen-bond acceptors (Lipinski definition) is 4. The number of ether oxygens (including phenoxy) is 1. The van der Waals surface area contributed by atoms with Crippen molar-refractivity contribution in [2.45, 2.75) is 13.8 Å². The lowest BCUT2D eigenvalue weighted by atomic mass is 9.97. The van der Waals surface area contributed by atoms with Gasteiger partial charge in [0.1, 0.15) is 10.6 Å². The zero-order chi connectivity index (χ0) is 18.7. The summed E-state index contributed by atoms with van der Waals surface area (Å²) in [6, 6.07) is 15.0. The standard InChI is InChI=1S/C21H19NO3S/c1-13-9-10-14(2)16(11-13)17-12-26-20(18(17)21(24)25-3)22-19(23)15-7-5-4-6-8-15/h4-12H,1-3H3,(H,22,23). The van der Waals surface area contributed by atoms with Gasteiger partial charge < -0.3 is 10.1 Å². The molecule has 0 aliphatic carbocycles. The maximum absolute atomic E-state index is 12.5. The highest BCUT2D eigenvalue weighted by Crippen LogP contribution is 2.38. The smallest absolute Gasteiger partial charge is 0.341 e. The number of esters is 1. The van der Waals surface area contributed by atoms with Gasteiger partial charge in [-0.1, -0.05) is 42.0 Å². The number of methoxy groups -OCH3 is 1. The number of nitrogens with one attached hydrogen (secondary N) is 1. The van der Waals surface area contributed by atoms with E-state index in [0.717, 1.165) is 22.3 Å². The maximum Gasteiger partial charge on any atom is 0.341 e. The normalized spacial score (nSPS) is 10.4. The zero-order valence-corrected chi connectivity index (χ0v) is 15.6. The third kappa shape index (κ3) is 3.53. The second kappa shape index (κ2) is 7.54. The van der Waals surface area contributed by atoms with E-state index in [4.69, 9.17) is 4.74 Å². The van der Waals surface area contributed by atoms with E-state index in [1.54, 1.807) is 24.3 Å². The first-order valence-electron chi connectivity index (χ1n) is 8.15. The van der Waals surface area contributed by atoms with Gasteiger partial charge in [0, 0.05) is 16.5 Å². The molecule has 0 aliphatic rings. The van der Waals surface area contributed by atoms with Gasteiger partial charge in [-0.15, -0.1) is 11.3 Å². The number of carbonyl (C=O) groups excluding carboxylic acids is 2. The van der Waals surface area contributed by atoms with Crippen LogP contribution in [0, 0.1) is 13.8 Å². The van der Waals surface area contributed by atoms with Gasteiger partial charge >= 0.3 is 5.97 Å². The van der Waals surface area contributed by atoms with Crippen LogP contribution in [-0.2, 0) is 4.74 Å². The molecule has 0 saturated heterocycles. The minimum absolute atomic E-state index is 0.259. The monoisotopic (exact) mass is 365 g/mol. The lowest BCUT2D eigenvalue weighted by Gasteiger charge is -2.10. The third-order valence-corrected chi connectivity index (χ3v) is 5.02. The van der Waals surface area contributed by atoms with E-state index in [9.17, 15) is 9.59 Å². The summed E-state index contributed by atoms with van der Waals surface area (Å²) in [4.78, 5) is 24.9. The van der Waals surface area contributed by atoms with E-state index < -0.39 is 5.97 Å². The molecular formula is C21H19NO3S. The number of anilines is 1. The van der Waals surface area contributed by atoms with Crippen LogP contribution in [0.25, 0.3) is 11.1 Å². The number of carbonyl (C=O) groups is 2. The van der Waals surface area contributed by atoms with Gasteiger partial charge in [0.15, 0.2) is 0 Å². The fourth-order valence-corrected chi connectivity index (χ4v) is 3.69. The van der Waals surface area contributed by atoms with Crippen molar-refractivity contribution in [2.24, 2.45) is 0 Å². The van der Waals surface area contributed by atoms with Crippen molar-refractivity contribution >= 4 is 28.2 Å². The molecule has 0 atom stereocenters. The van der Waals surface area contributed by atoms with Crippen molar-refractivity contribution in [2.75, 3.05) is 12.4 Å². The average molecular weight is 365 g/mol. The van der Waals surface area contributed by atoms with Crippen molar-refractivity contribution in [1.29, 1.82) is 0 Å². The Morgan fingerprint density at radius 3 is 2.42 bits per heavy atom.